The highest BCUT2D eigenvalue weighted by Crippen LogP contribution is 2.18. The van der Waals surface area contributed by atoms with Crippen molar-refractivity contribution in [1.82, 2.24) is 15.3 Å². The quantitative estimate of drug-likeness (QED) is 0.773. The zero-order valence-electron chi connectivity index (χ0n) is 11.6. The number of hydrogen-bond acceptors (Lipinski definition) is 5. The molecule has 1 aromatic carbocycles. The Morgan fingerprint density at radius 2 is 2.00 bits per heavy atom. The van der Waals surface area contributed by atoms with Gasteiger partial charge in [0, 0.05) is 17.6 Å². The number of nitrogens with one attached hydrogen (secondary N) is 1. The molecule has 1 aliphatic rings. The lowest BCUT2D eigenvalue weighted by Gasteiger charge is -2.26. The van der Waals surface area contributed by atoms with Crippen molar-refractivity contribution >= 4 is 16.9 Å². The van der Waals surface area contributed by atoms with Gasteiger partial charge >= 0.3 is 0 Å². The summed E-state index contributed by atoms with van der Waals surface area (Å²) >= 11 is 0. The molecule has 2 aromatic rings. The van der Waals surface area contributed by atoms with Gasteiger partial charge in [-0.2, -0.15) is 0 Å². The normalized spacial score (nSPS) is 22.1. The van der Waals surface area contributed by atoms with E-state index in [1.165, 1.54) is 6.20 Å². The summed E-state index contributed by atoms with van der Waals surface area (Å²) in [6.45, 7) is 0. The number of amides is 1. The van der Waals surface area contributed by atoms with Gasteiger partial charge in [-0.05, 0) is 43.9 Å². The second kappa shape index (κ2) is 5.65. The van der Waals surface area contributed by atoms with E-state index in [0.29, 0.717) is 16.6 Å². The average molecular weight is 286 g/mol. The molecule has 3 rings (SSSR count). The Morgan fingerprint density at radius 1 is 1.24 bits per heavy atom. The van der Waals surface area contributed by atoms with Gasteiger partial charge in [0.1, 0.15) is 0 Å². The number of nitrogens with two attached hydrogens (primary N) is 1. The van der Waals surface area contributed by atoms with Crippen LogP contribution in [0.3, 0.4) is 0 Å². The van der Waals surface area contributed by atoms with Gasteiger partial charge in [0.15, 0.2) is 0 Å². The minimum Gasteiger partial charge on any atom is -0.492 e. The second-order valence-corrected chi connectivity index (χ2v) is 5.52. The van der Waals surface area contributed by atoms with Crippen LogP contribution in [0.25, 0.3) is 11.0 Å². The number of carbonyl (C=O) groups excluding carboxylic acids is 1. The average Bonchev–Trinajstić information content (AvgIpc) is 2.49. The van der Waals surface area contributed by atoms with Crippen LogP contribution in [0.5, 0.6) is 5.88 Å². The lowest BCUT2D eigenvalue weighted by Crippen LogP contribution is -2.40. The highest BCUT2D eigenvalue weighted by Gasteiger charge is 2.20. The maximum absolute atomic E-state index is 12.3. The van der Waals surface area contributed by atoms with Gasteiger partial charge in [0.2, 0.25) is 5.88 Å². The van der Waals surface area contributed by atoms with Crippen LogP contribution in [0.4, 0.5) is 0 Å². The predicted octanol–water partition coefficient (Wildman–Crippen LogP) is 1.34. The van der Waals surface area contributed by atoms with Crippen molar-refractivity contribution in [1.29, 1.82) is 0 Å². The van der Waals surface area contributed by atoms with E-state index in [1.54, 1.807) is 18.2 Å². The molecular weight excluding hydrogens is 268 g/mol. The minimum absolute atomic E-state index is 0.104. The van der Waals surface area contributed by atoms with Crippen LogP contribution in [-0.2, 0) is 0 Å². The molecule has 0 spiro atoms. The summed E-state index contributed by atoms with van der Waals surface area (Å²) in [5, 5.41) is 12.3. The topological polar surface area (TPSA) is 101 Å². The van der Waals surface area contributed by atoms with E-state index in [9.17, 15) is 9.90 Å². The van der Waals surface area contributed by atoms with Crippen LogP contribution >= 0.6 is 0 Å². The Balaban J connectivity index is 1.74. The number of hydrogen-bond donors (Lipinski definition) is 3. The first-order valence-electron chi connectivity index (χ1n) is 7.14. The Hall–Kier alpha value is -2.21. The van der Waals surface area contributed by atoms with E-state index in [4.69, 9.17) is 5.73 Å². The first-order chi connectivity index (χ1) is 10.1. The maximum Gasteiger partial charge on any atom is 0.251 e. The number of nitrogens with zero attached hydrogens (tertiary/aromatic N) is 2. The van der Waals surface area contributed by atoms with E-state index in [1.807, 2.05) is 0 Å². The minimum atomic E-state index is -0.127. The molecule has 6 nitrogen and oxygen atoms in total. The van der Waals surface area contributed by atoms with Crippen LogP contribution in [0, 0.1) is 0 Å². The highest BCUT2D eigenvalue weighted by molar-refractivity contribution is 5.97. The smallest absolute Gasteiger partial charge is 0.251 e. The molecule has 110 valence electrons. The summed E-state index contributed by atoms with van der Waals surface area (Å²) in [6.07, 6.45) is 5.02. The summed E-state index contributed by atoms with van der Waals surface area (Å²) in [5.41, 5.74) is 7.57. The molecular formula is C15H18N4O2. The molecule has 0 saturated heterocycles. The van der Waals surface area contributed by atoms with Crippen LogP contribution in [-0.4, -0.2) is 33.1 Å². The van der Waals surface area contributed by atoms with Crippen molar-refractivity contribution in [2.24, 2.45) is 5.73 Å². The maximum atomic E-state index is 12.3. The number of aromatic nitrogens is 2. The monoisotopic (exact) mass is 286 g/mol. The summed E-state index contributed by atoms with van der Waals surface area (Å²) in [7, 11) is 0. The van der Waals surface area contributed by atoms with Crippen molar-refractivity contribution < 1.29 is 9.90 Å². The molecule has 0 unspecified atom stereocenters. The van der Waals surface area contributed by atoms with Crippen molar-refractivity contribution in [2.45, 2.75) is 37.8 Å². The van der Waals surface area contributed by atoms with Crippen molar-refractivity contribution in [3.05, 3.63) is 30.0 Å². The van der Waals surface area contributed by atoms with E-state index in [2.05, 4.69) is 15.3 Å². The lowest BCUT2D eigenvalue weighted by molar-refractivity contribution is 0.0926. The largest absolute Gasteiger partial charge is 0.492 e. The molecule has 21 heavy (non-hydrogen) atoms. The Kier molecular flexibility index (Phi) is 3.70. The van der Waals surface area contributed by atoms with E-state index in [0.717, 1.165) is 25.7 Å². The number of rotatable bonds is 2. The zero-order chi connectivity index (χ0) is 14.8. The molecule has 1 amide bonds. The number of aromatic hydroxyl groups is 1. The van der Waals surface area contributed by atoms with Gasteiger partial charge in [-0.15, -0.1) is 0 Å². The molecule has 1 fully saturated rings. The summed E-state index contributed by atoms with van der Waals surface area (Å²) in [4.78, 5) is 20.3. The van der Waals surface area contributed by atoms with Crippen LogP contribution in [0.2, 0.25) is 0 Å². The van der Waals surface area contributed by atoms with Crippen molar-refractivity contribution in [3.63, 3.8) is 0 Å². The standard InChI is InChI=1S/C15H18N4O2/c16-10-2-4-11(5-3-10)18-15(21)9-1-6-12-13(7-9)17-8-14(20)19-12/h1,6-8,10-11H,2-5,16H2,(H,18,21)(H,19,20)/t10-,11-. The highest BCUT2D eigenvalue weighted by atomic mass is 16.3. The van der Waals surface area contributed by atoms with Gasteiger partial charge in [0.05, 0.1) is 17.2 Å². The van der Waals surface area contributed by atoms with Crippen LogP contribution in [0.15, 0.2) is 24.4 Å². The van der Waals surface area contributed by atoms with Gasteiger partial charge in [-0.3, -0.25) is 4.79 Å². The van der Waals surface area contributed by atoms with E-state index >= 15 is 0 Å². The first kappa shape index (κ1) is 13.8. The Morgan fingerprint density at radius 3 is 2.76 bits per heavy atom. The summed E-state index contributed by atoms with van der Waals surface area (Å²) in [5.74, 6) is -0.231. The lowest BCUT2D eigenvalue weighted by atomic mass is 9.91. The third-order valence-corrected chi connectivity index (χ3v) is 3.90. The summed E-state index contributed by atoms with van der Waals surface area (Å²) in [6, 6.07) is 5.53. The Labute approximate surface area is 122 Å². The molecule has 0 atom stereocenters. The third kappa shape index (κ3) is 3.11. The summed E-state index contributed by atoms with van der Waals surface area (Å²) < 4.78 is 0. The predicted molar refractivity (Wildman–Crippen MR) is 78.9 cm³/mol. The molecule has 6 heteroatoms. The SMILES string of the molecule is N[C@H]1CC[C@H](NC(=O)c2ccc3nc(O)cnc3c2)CC1. The second-order valence-electron chi connectivity index (χ2n) is 5.52. The van der Waals surface area contributed by atoms with Crippen LogP contribution < -0.4 is 11.1 Å². The fourth-order valence-electron chi connectivity index (χ4n) is 2.67. The van der Waals surface area contributed by atoms with Crippen LogP contribution in [0.1, 0.15) is 36.0 Å². The fraction of sp³-hybridized carbons (Fsp3) is 0.400. The van der Waals surface area contributed by atoms with Gasteiger partial charge in [0.25, 0.3) is 5.91 Å². The Bertz CT molecular complexity index is 666. The molecule has 1 saturated carbocycles. The van der Waals surface area contributed by atoms with Crippen molar-refractivity contribution in [2.75, 3.05) is 0 Å². The number of fused-ring (bicyclic) bond motifs is 1. The zero-order valence-corrected chi connectivity index (χ0v) is 11.6. The molecule has 0 bridgehead atoms. The van der Waals surface area contributed by atoms with E-state index < -0.39 is 0 Å². The first-order valence-corrected chi connectivity index (χ1v) is 7.14. The van der Waals surface area contributed by atoms with Crippen molar-refractivity contribution in [3.8, 4) is 5.88 Å². The number of benzene rings is 1. The molecule has 1 aromatic heterocycles. The molecule has 1 aliphatic carbocycles. The molecule has 1 heterocycles. The van der Waals surface area contributed by atoms with Gasteiger partial charge < -0.3 is 16.2 Å². The third-order valence-electron chi connectivity index (χ3n) is 3.90. The molecule has 0 aliphatic heterocycles. The molecule has 4 N–H and O–H groups in total. The van der Waals surface area contributed by atoms with Gasteiger partial charge in [-0.1, -0.05) is 0 Å². The fourth-order valence-corrected chi connectivity index (χ4v) is 2.67. The number of carbonyl (C=O) groups is 1. The molecule has 0 radical (unpaired) electrons. The van der Waals surface area contributed by atoms with Gasteiger partial charge in [-0.25, -0.2) is 9.97 Å². The van der Waals surface area contributed by atoms with E-state index in [-0.39, 0.29) is 23.9 Å².